The monoisotopic (exact) mass is 415 g/mol. The summed E-state index contributed by atoms with van der Waals surface area (Å²) >= 11 is 5.25. The highest BCUT2D eigenvalue weighted by molar-refractivity contribution is 7.80. The maximum absolute atomic E-state index is 12.1. The zero-order valence-corrected chi connectivity index (χ0v) is 17.3. The number of hydrogen-bond donors (Lipinski definition) is 2. The van der Waals surface area contributed by atoms with E-state index in [4.69, 9.17) is 16.6 Å². The number of thiocarbonyl (C=S) groups is 1. The average molecular weight is 416 g/mol. The fourth-order valence-corrected chi connectivity index (χ4v) is 3.39. The second-order valence-electron chi connectivity index (χ2n) is 7.12. The van der Waals surface area contributed by atoms with E-state index in [1.807, 2.05) is 79.7 Å². The van der Waals surface area contributed by atoms with Crippen molar-refractivity contribution in [2.45, 2.75) is 19.8 Å². The molecule has 2 N–H and O–H groups in total. The van der Waals surface area contributed by atoms with Crippen molar-refractivity contribution in [2.24, 2.45) is 0 Å². The van der Waals surface area contributed by atoms with Gasteiger partial charge >= 0.3 is 0 Å². The first kappa shape index (κ1) is 19.8. The van der Waals surface area contributed by atoms with Gasteiger partial charge in [-0.15, -0.1) is 0 Å². The van der Waals surface area contributed by atoms with Crippen molar-refractivity contribution in [1.82, 2.24) is 10.3 Å². The normalized spacial score (nSPS) is 10.7. The SMILES string of the molecule is Cc1ccc2oc(Cc3ccc(NC(=S)NC(=O)Cc4ccccc4)cc3)nc2c1. The molecule has 0 unspecified atom stereocenters. The van der Waals surface area contributed by atoms with Crippen LogP contribution in [-0.2, 0) is 17.6 Å². The molecule has 4 rings (SSSR count). The first-order chi connectivity index (χ1) is 14.5. The summed E-state index contributed by atoms with van der Waals surface area (Å²) in [5.74, 6) is 0.529. The van der Waals surface area contributed by atoms with Crippen molar-refractivity contribution < 1.29 is 9.21 Å². The standard InChI is InChI=1S/C24H21N3O2S/c1-16-7-12-21-20(13-16)26-23(29-21)15-18-8-10-19(11-9-18)25-24(30)27-22(28)14-17-5-3-2-4-6-17/h2-13H,14-15H2,1H3,(H2,25,27,28,30). The second-order valence-corrected chi connectivity index (χ2v) is 7.53. The van der Waals surface area contributed by atoms with E-state index >= 15 is 0 Å². The van der Waals surface area contributed by atoms with Gasteiger partial charge in [0.15, 0.2) is 16.6 Å². The maximum atomic E-state index is 12.1. The average Bonchev–Trinajstić information content (AvgIpc) is 3.11. The van der Waals surface area contributed by atoms with Gasteiger partial charge in [-0.05, 0) is 60.1 Å². The van der Waals surface area contributed by atoms with E-state index in [1.165, 1.54) is 0 Å². The Morgan fingerprint density at radius 1 is 1.00 bits per heavy atom. The highest BCUT2D eigenvalue weighted by atomic mass is 32.1. The molecule has 0 spiro atoms. The molecular formula is C24H21N3O2S. The lowest BCUT2D eigenvalue weighted by Gasteiger charge is -2.10. The summed E-state index contributed by atoms with van der Waals surface area (Å²) < 4.78 is 5.82. The Morgan fingerprint density at radius 3 is 2.53 bits per heavy atom. The molecule has 30 heavy (non-hydrogen) atoms. The quantitative estimate of drug-likeness (QED) is 0.459. The van der Waals surface area contributed by atoms with Gasteiger partial charge in [-0.2, -0.15) is 0 Å². The zero-order valence-electron chi connectivity index (χ0n) is 16.5. The molecule has 3 aromatic carbocycles. The topological polar surface area (TPSA) is 67.2 Å². The first-order valence-electron chi connectivity index (χ1n) is 9.65. The number of rotatable bonds is 5. The smallest absolute Gasteiger partial charge is 0.230 e. The van der Waals surface area contributed by atoms with Crippen LogP contribution in [0, 0.1) is 6.92 Å². The number of carbonyl (C=O) groups excluding carboxylic acids is 1. The van der Waals surface area contributed by atoms with Gasteiger partial charge in [0.1, 0.15) is 5.52 Å². The predicted octanol–water partition coefficient (Wildman–Crippen LogP) is 4.78. The Balaban J connectivity index is 1.32. The van der Waals surface area contributed by atoms with Crippen LogP contribution < -0.4 is 10.6 Å². The number of nitrogens with one attached hydrogen (secondary N) is 2. The molecule has 0 radical (unpaired) electrons. The van der Waals surface area contributed by atoms with Crippen molar-refractivity contribution in [2.75, 3.05) is 5.32 Å². The number of aryl methyl sites for hydroxylation is 1. The summed E-state index contributed by atoms with van der Waals surface area (Å²) in [6.45, 7) is 2.04. The van der Waals surface area contributed by atoms with Crippen LogP contribution in [0.3, 0.4) is 0 Å². The summed E-state index contributed by atoms with van der Waals surface area (Å²) in [5, 5.41) is 6.02. The van der Waals surface area contributed by atoms with Gasteiger partial charge in [-0.1, -0.05) is 48.5 Å². The van der Waals surface area contributed by atoms with Gasteiger partial charge < -0.3 is 15.1 Å². The Bertz CT molecular complexity index is 1180. The van der Waals surface area contributed by atoms with Crippen LogP contribution in [0.25, 0.3) is 11.1 Å². The zero-order chi connectivity index (χ0) is 20.9. The fourth-order valence-electron chi connectivity index (χ4n) is 3.16. The van der Waals surface area contributed by atoms with Gasteiger partial charge in [0.05, 0.1) is 6.42 Å². The third-order valence-corrected chi connectivity index (χ3v) is 4.82. The van der Waals surface area contributed by atoms with Gasteiger partial charge in [0, 0.05) is 12.1 Å². The number of fused-ring (bicyclic) bond motifs is 1. The summed E-state index contributed by atoms with van der Waals surface area (Å²) in [6, 6.07) is 23.3. The highest BCUT2D eigenvalue weighted by Crippen LogP contribution is 2.20. The minimum absolute atomic E-state index is 0.151. The van der Waals surface area contributed by atoms with Gasteiger partial charge in [-0.25, -0.2) is 4.98 Å². The van der Waals surface area contributed by atoms with E-state index < -0.39 is 0 Å². The molecule has 0 aliphatic carbocycles. The molecule has 1 aromatic heterocycles. The van der Waals surface area contributed by atoms with Crippen LogP contribution in [-0.4, -0.2) is 16.0 Å². The molecule has 0 saturated carbocycles. The van der Waals surface area contributed by atoms with Gasteiger partial charge in [0.25, 0.3) is 0 Å². The molecule has 0 bridgehead atoms. The van der Waals surface area contributed by atoms with Crippen LogP contribution in [0.1, 0.15) is 22.6 Å². The van der Waals surface area contributed by atoms with E-state index in [1.54, 1.807) is 0 Å². The summed E-state index contributed by atoms with van der Waals surface area (Å²) in [4.78, 5) is 16.7. The third-order valence-electron chi connectivity index (χ3n) is 4.61. The second kappa shape index (κ2) is 8.88. The van der Waals surface area contributed by atoms with Gasteiger partial charge in [0.2, 0.25) is 5.91 Å². The van der Waals surface area contributed by atoms with Crippen LogP contribution in [0.4, 0.5) is 5.69 Å². The maximum Gasteiger partial charge on any atom is 0.230 e. The number of hydrogen-bond acceptors (Lipinski definition) is 4. The molecule has 0 fully saturated rings. The largest absolute Gasteiger partial charge is 0.440 e. The number of carbonyl (C=O) groups is 1. The van der Waals surface area contributed by atoms with Crippen LogP contribution in [0.2, 0.25) is 0 Å². The molecule has 0 atom stereocenters. The van der Waals surface area contributed by atoms with Crippen LogP contribution in [0.5, 0.6) is 0 Å². The number of amides is 1. The Kier molecular flexibility index (Phi) is 5.86. The van der Waals surface area contributed by atoms with Crippen molar-refractivity contribution in [1.29, 1.82) is 0 Å². The summed E-state index contributed by atoms with van der Waals surface area (Å²) in [7, 11) is 0. The lowest BCUT2D eigenvalue weighted by Crippen LogP contribution is -2.35. The molecule has 6 heteroatoms. The molecule has 1 heterocycles. The van der Waals surface area contributed by atoms with E-state index in [0.717, 1.165) is 33.5 Å². The van der Waals surface area contributed by atoms with E-state index in [0.29, 0.717) is 12.3 Å². The van der Waals surface area contributed by atoms with Crippen molar-refractivity contribution in [3.05, 3.63) is 95.4 Å². The molecule has 1 amide bonds. The minimum Gasteiger partial charge on any atom is -0.440 e. The minimum atomic E-state index is -0.151. The van der Waals surface area contributed by atoms with Crippen molar-refractivity contribution in [3.63, 3.8) is 0 Å². The van der Waals surface area contributed by atoms with Crippen molar-refractivity contribution in [3.8, 4) is 0 Å². The number of aromatic nitrogens is 1. The Morgan fingerprint density at radius 2 is 1.77 bits per heavy atom. The molecule has 0 aliphatic heterocycles. The number of benzene rings is 3. The lowest BCUT2D eigenvalue weighted by atomic mass is 10.1. The van der Waals surface area contributed by atoms with E-state index in [2.05, 4.69) is 15.6 Å². The molecule has 5 nitrogen and oxygen atoms in total. The Hall–Kier alpha value is -3.51. The molecule has 0 aliphatic rings. The Labute approximate surface area is 180 Å². The van der Waals surface area contributed by atoms with Gasteiger partial charge in [-0.3, -0.25) is 4.79 Å². The fraction of sp³-hybridized carbons (Fsp3) is 0.125. The number of nitrogens with zero attached hydrogens (tertiary/aromatic N) is 1. The summed E-state index contributed by atoms with van der Waals surface area (Å²) in [6.07, 6.45) is 0.887. The predicted molar refractivity (Wildman–Crippen MR) is 123 cm³/mol. The molecule has 0 saturated heterocycles. The molecular weight excluding hydrogens is 394 g/mol. The van der Waals surface area contributed by atoms with E-state index in [9.17, 15) is 4.79 Å². The number of oxazole rings is 1. The molecule has 150 valence electrons. The van der Waals surface area contributed by atoms with Crippen LogP contribution >= 0.6 is 12.2 Å². The highest BCUT2D eigenvalue weighted by Gasteiger charge is 2.08. The van der Waals surface area contributed by atoms with Crippen molar-refractivity contribution >= 4 is 40.0 Å². The number of anilines is 1. The van der Waals surface area contributed by atoms with E-state index in [-0.39, 0.29) is 17.4 Å². The lowest BCUT2D eigenvalue weighted by molar-refractivity contribution is -0.119. The molecule has 4 aromatic rings. The van der Waals surface area contributed by atoms with Crippen LogP contribution in [0.15, 0.2) is 77.2 Å². The first-order valence-corrected chi connectivity index (χ1v) is 10.1. The summed E-state index contributed by atoms with van der Waals surface area (Å²) in [5.41, 5.74) is 5.64. The third kappa shape index (κ3) is 5.10.